The van der Waals surface area contributed by atoms with Gasteiger partial charge in [-0.25, -0.2) is 4.79 Å². The second kappa shape index (κ2) is 9.84. The van der Waals surface area contributed by atoms with Gasteiger partial charge in [0.25, 0.3) is 0 Å². The van der Waals surface area contributed by atoms with Gasteiger partial charge in [-0.15, -0.1) is 0 Å². The van der Waals surface area contributed by atoms with Crippen LogP contribution in [0.5, 0.6) is 0 Å². The number of carbonyl (C=O) groups excluding carboxylic acids is 2. The first-order chi connectivity index (χ1) is 12.1. The Bertz CT molecular complexity index is 696. The van der Waals surface area contributed by atoms with Gasteiger partial charge in [-0.3, -0.25) is 4.79 Å². The summed E-state index contributed by atoms with van der Waals surface area (Å²) < 4.78 is 5.07. The number of nitrogens with one attached hydrogen (secondary N) is 1. The van der Waals surface area contributed by atoms with Crippen molar-refractivity contribution in [3.63, 3.8) is 0 Å². The van der Waals surface area contributed by atoms with Crippen molar-refractivity contribution in [3.8, 4) is 0 Å². The fourth-order valence-corrected chi connectivity index (χ4v) is 2.42. The van der Waals surface area contributed by atoms with Crippen molar-refractivity contribution < 1.29 is 14.3 Å². The molecule has 132 valence electrons. The van der Waals surface area contributed by atoms with Gasteiger partial charge in [0.05, 0.1) is 12.2 Å². The summed E-state index contributed by atoms with van der Waals surface area (Å²) in [6.45, 7) is 2.35. The molecule has 25 heavy (non-hydrogen) atoms. The largest absolute Gasteiger partial charge is 0.462 e. The standard InChI is InChI=1S/C20H22ClNO3/c1-2-14-25-20(24)16-8-12-18(13-9-16)22-19(23)5-3-4-15-6-10-17(21)11-7-15/h6-13H,2-5,14H2,1H3,(H,22,23). The normalized spacial score (nSPS) is 10.3. The average molecular weight is 360 g/mol. The number of halogens is 1. The molecule has 1 N–H and O–H groups in total. The minimum Gasteiger partial charge on any atom is -0.462 e. The molecule has 0 radical (unpaired) electrons. The van der Waals surface area contributed by atoms with Crippen LogP contribution in [0.4, 0.5) is 5.69 Å². The second-order valence-corrected chi connectivity index (χ2v) is 6.18. The van der Waals surface area contributed by atoms with Crippen molar-refractivity contribution in [2.24, 2.45) is 0 Å². The van der Waals surface area contributed by atoms with Crippen LogP contribution in [0, 0.1) is 0 Å². The minimum absolute atomic E-state index is 0.0460. The monoisotopic (exact) mass is 359 g/mol. The van der Waals surface area contributed by atoms with Crippen molar-refractivity contribution in [1.82, 2.24) is 0 Å². The molecule has 0 bridgehead atoms. The molecule has 0 aliphatic carbocycles. The molecule has 0 heterocycles. The molecule has 2 aromatic carbocycles. The molecule has 0 spiro atoms. The fourth-order valence-electron chi connectivity index (χ4n) is 2.30. The Morgan fingerprint density at radius 1 is 1.04 bits per heavy atom. The Kier molecular flexibility index (Phi) is 7.48. The second-order valence-electron chi connectivity index (χ2n) is 5.74. The summed E-state index contributed by atoms with van der Waals surface area (Å²) in [5, 5.41) is 3.55. The van der Waals surface area contributed by atoms with Crippen LogP contribution in [0.3, 0.4) is 0 Å². The molecule has 0 fully saturated rings. The summed E-state index contributed by atoms with van der Waals surface area (Å²) in [5.41, 5.74) is 2.31. The van der Waals surface area contributed by atoms with E-state index < -0.39 is 0 Å². The Morgan fingerprint density at radius 2 is 1.72 bits per heavy atom. The Labute approximate surface area is 153 Å². The number of benzene rings is 2. The summed E-state index contributed by atoms with van der Waals surface area (Å²) in [6, 6.07) is 14.4. The average Bonchev–Trinajstić information content (AvgIpc) is 2.62. The number of aryl methyl sites for hydroxylation is 1. The van der Waals surface area contributed by atoms with Crippen molar-refractivity contribution in [2.45, 2.75) is 32.6 Å². The molecular formula is C20H22ClNO3. The number of ether oxygens (including phenoxy) is 1. The van der Waals surface area contributed by atoms with Crippen molar-refractivity contribution in [3.05, 3.63) is 64.7 Å². The highest BCUT2D eigenvalue weighted by Crippen LogP contribution is 2.14. The SMILES string of the molecule is CCCOC(=O)c1ccc(NC(=O)CCCc2ccc(Cl)cc2)cc1. The summed E-state index contributed by atoms with van der Waals surface area (Å²) in [6.07, 6.45) is 2.81. The predicted molar refractivity (Wildman–Crippen MR) is 100 cm³/mol. The quantitative estimate of drug-likeness (QED) is 0.684. The van der Waals surface area contributed by atoms with Gasteiger partial charge in [-0.2, -0.15) is 0 Å². The zero-order valence-corrected chi connectivity index (χ0v) is 15.0. The summed E-state index contributed by atoms with van der Waals surface area (Å²) >= 11 is 5.85. The van der Waals surface area contributed by atoms with E-state index in [-0.39, 0.29) is 11.9 Å². The van der Waals surface area contributed by atoms with Crippen LogP contribution in [0.15, 0.2) is 48.5 Å². The third kappa shape index (κ3) is 6.59. The van der Waals surface area contributed by atoms with E-state index >= 15 is 0 Å². The molecule has 1 amide bonds. The number of hydrogen-bond acceptors (Lipinski definition) is 3. The lowest BCUT2D eigenvalue weighted by Crippen LogP contribution is -2.12. The summed E-state index contributed by atoms with van der Waals surface area (Å²) in [5.74, 6) is -0.391. The van der Waals surface area contributed by atoms with E-state index in [1.165, 1.54) is 0 Å². The molecule has 0 unspecified atom stereocenters. The maximum atomic E-state index is 12.0. The van der Waals surface area contributed by atoms with Crippen molar-refractivity contribution >= 4 is 29.2 Å². The first-order valence-electron chi connectivity index (χ1n) is 8.40. The van der Waals surface area contributed by atoms with Gasteiger partial charge in [0.2, 0.25) is 5.91 Å². The van der Waals surface area contributed by atoms with E-state index in [1.807, 2.05) is 31.2 Å². The van der Waals surface area contributed by atoms with Gasteiger partial charge in [-0.1, -0.05) is 30.7 Å². The molecule has 0 atom stereocenters. The Morgan fingerprint density at radius 3 is 2.36 bits per heavy atom. The van der Waals surface area contributed by atoms with Crippen LogP contribution in [0.25, 0.3) is 0 Å². The molecular weight excluding hydrogens is 338 g/mol. The summed E-state index contributed by atoms with van der Waals surface area (Å²) in [7, 11) is 0. The van der Waals surface area contributed by atoms with E-state index in [1.54, 1.807) is 24.3 Å². The molecule has 4 nitrogen and oxygen atoms in total. The lowest BCUT2D eigenvalue weighted by Gasteiger charge is -2.07. The van der Waals surface area contributed by atoms with Gasteiger partial charge in [0.1, 0.15) is 0 Å². The first kappa shape index (κ1) is 19.0. The van der Waals surface area contributed by atoms with Crippen LogP contribution in [0.2, 0.25) is 5.02 Å². The highest BCUT2D eigenvalue weighted by atomic mass is 35.5. The van der Waals surface area contributed by atoms with Gasteiger partial charge in [0, 0.05) is 17.1 Å². The van der Waals surface area contributed by atoms with Crippen LogP contribution < -0.4 is 5.32 Å². The van der Waals surface area contributed by atoms with E-state index in [0.29, 0.717) is 29.3 Å². The van der Waals surface area contributed by atoms with E-state index in [0.717, 1.165) is 24.8 Å². The molecule has 0 saturated heterocycles. The van der Waals surface area contributed by atoms with Crippen molar-refractivity contribution in [1.29, 1.82) is 0 Å². The summed E-state index contributed by atoms with van der Waals surface area (Å²) in [4.78, 5) is 23.7. The third-order valence-electron chi connectivity index (χ3n) is 3.62. The predicted octanol–water partition coefficient (Wildman–Crippen LogP) is 4.87. The zero-order chi connectivity index (χ0) is 18.1. The van der Waals surface area contributed by atoms with Crippen LogP contribution in [0.1, 0.15) is 42.1 Å². The lowest BCUT2D eigenvalue weighted by molar-refractivity contribution is -0.116. The Balaban J connectivity index is 1.76. The van der Waals surface area contributed by atoms with E-state index in [4.69, 9.17) is 16.3 Å². The number of rotatable bonds is 8. The molecule has 0 aliphatic heterocycles. The highest BCUT2D eigenvalue weighted by molar-refractivity contribution is 6.30. The molecule has 2 aromatic rings. The number of amides is 1. The molecule has 0 aromatic heterocycles. The molecule has 2 rings (SSSR count). The molecule has 0 saturated carbocycles. The number of anilines is 1. The Hall–Kier alpha value is -2.33. The van der Waals surface area contributed by atoms with Gasteiger partial charge in [-0.05, 0) is 61.2 Å². The maximum Gasteiger partial charge on any atom is 0.338 e. The number of carbonyl (C=O) groups is 2. The third-order valence-corrected chi connectivity index (χ3v) is 3.88. The number of esters is 1. The van der Waals surface area contributed by atoms with Gasteiger partial charge in [0.15, 0.2) is 0 Å². The number of hydrogen-bond donors (Lipinski definition) is 1. The minimum atomic E-state index is -0.345. The smallest absolute Gasteiger partial charge is 0.338 e. The van der Waals surface area contributed by atoms with Crippen LogP contribution >= 0.6 is 11.6 Å². The fraction of sp³-hybridized carbons (Fsp3) is 0.300. The van der Waals surface area contributed by atoms with Gasteiger partial charge < -0.3 is 10.1 Å². The van der Waals surface area contributed by atoms with Crippen molar-refractivity contribution in [2.75, 3.05) is 11.9 Å². The molecule has 0 aliphatic rings. The van der Waals surface area contributed by atoms with Crippen LogP contribution in [-0.2, 0) is 16.0 Å². The zero-order valence-electron chi connectivity index (χ0n) is 14.3. The highest BCUT2D eigenvalue weighted by Gasteiger charge is 2.07. The van der Waals surface area contributed by atoms with E-state index in [9.17, 15) is 9.59 Å². The lowest BCUT2D eigenvalue weighted by atomic mass is 10.1. The van der Waals surface area contributed by atoms with Crippen LogP contribution in [-0.4, -0.2) is 18.5 Å². The maximum absolute atomic E-state index is 12.0. The molecule has 5 heteroatoms. The first-order valence-corrected chi connectivity index (χ1v) is 8.77. The van der Waals surface area contributed by atoms with E-state index in [2.05, 4.69) is 5.32 Å². The van der Waals surface area contributed by atoms with Gasteiger partial charge >= 0.3 is 5.97 Å². The topological polar surface area (TPSA) is 55.4 Å².